The molecule has 0 fully saturated rings. The van der Waals surface area contributed by atoms with Crippen LogP contribution in [0.2, 0.25) is 0 Å². The van der Waals surface area contributed by atoms with Crippen molar-refractivity contribution in [2.24, 2.45) is 5.73 Å². The highest BCUT2D eigenvalue weighted by Gasteiger charge is 2.13. The molecule has 1 aromatic rings. The van der Waals surface area contributed by atoms with Crippen LogP contribution >= 0.6 is 0 Å². The molecule has 0 aromatic heterocycles. The van der Waals surface area contributed by atoms with Gasteiger partial charge in [-0.15, -0.1) is 0 Å². The molecule has 0 saturated carbocycles. The number of carbonyl (C=O) groups is 1. The maximum absolute atomic E-state index is 12.4. The lowest BCUT2D eigenvalue weighted by Crippen LogP contribution is -2.32. The molecule has 0 aliphatic heterocycles. The van der Waals surface area contributed by atoms with Gasteiger partial charge in [0.2, 0.25) is 0 Å². The molecular formula is C10H12FNO2. The second-order valence-corrected chi connectivity index (χ2v) is 3.05. The molecule has 3 nitrogen and oxygen atoms in total. The summed E-state index contributed by atoms with van der Waals surface area (Å²) in [6.45, 7) is -0.595. The molecule has 0 heterocycles. The lowest BCUT2D eigenvalue weighted by atomic mass is 10.0. The zero-order valence-corrected chi connectivity index (χ0v) is 7.61. The van der Waals surface area contributed by atoms with Crippen LogP contribution in [0.4, 0.5) is 4.39 Å². The fourth-order valence-electron chi connectivity index (χ4n) is 1.21. The SMILES string of the molecule is NC(Cc1ccccc1C[18F])C(=O)O. The normalized spacial score (nSPS) is 12.4. The van der Waals surface area contributed by atoms with Gasteiger partial charge in [0.05, 0.1) is 0 Å². The molecule has 1 atom stereocenters. The number of hydrogen-bond acceptors (Lipinski definition) is 2. The number of aliphatic carboxylic acids is 1. The van der Waals surface area contributed by atoms with E-state index >= 15 is 0 Å². The van der Waals surface area contributed by atoms with E-state index in [1.165, 1.54) is 0 Å². The molecule has 0 aliphatic rings. The van der Waals surface area contributed by atoms with Crippen molar-refractivity contribution in [1.82, 2.24) is 0 Å². The Morgan fingerprint density at radius 2 is 2.00 bits per heavy atom. The van der Waals surface area contributed by atoms with Gasteiger partial charge in [-0.25, -0.2) is 4.39 Å². The number of benzene rings is 1. The first-order valence-electron chi connectivity index (χ1n) is 4.26. The van der Waals surface area contributed by atoms with Crippen molar-refractivity contribution < 1.29 is 14.3 Å². The van der Waals surface area contributed by atoms with Crippen molar-refractivity contribution in [3.8, 4) is 0 Å². The molecular weight excluding hydrogens is 184 g/mol. The standard InChI is InChI=1S/C10H12FNO2/c11-6-8-4-2-1-3-7(8)5-9(12)10(13)14/h1-4,9H,5-6,12H2,(H,13,14)/i11-1. The van der Waals surface area contributed by atoms with Gasteiger partial charge in [-0.2, -0.15) is 0 Å². The Morgan fingerprint density at radius 1 is 1.43 bits per heavy atom. The third kappa shape index (κ3) is 2.53. The monoisotopic (exact) mass is 196 g/mol. The third-order valence-corrected chi connectivity index (χ3v) is 2.02. The molecule has 0 bridgehead atoms. The van der Waals surface area contributed by atoms with Crippen LogP contribution in [-0.4, -0.2) is 17.1 Å². The summed E-state index contributed by atoms with van der Waals surface area (Å²) >= 11 is 0. The van der Waals surface area contributed by atoms with Gasteiger partial charge in [0.25, 0.3) is 0 Å². The molecule has 4 heteroatoms. The fourth-order valence-corrected chi connectivity index (χ4v) is 1.21. The summed E-state index contributed by atoms with van der Waals surface area (Å²) < 4.78 is 12.4. The highest BCUT2D eigenvalue weighted by atomic mass is 18.2. The van der Waals surface area contributed by atoms with Crippen LogP contribution in [0.3, 0.4) is 0 Å². The summed E-state index contributed by atoms with van der Waals surface area (Å²) in [5.74, 6) is -1.07. The number of carboxylic acids is 1. The highest BCUT2D eigenvalue weighted by molar-refractivity contribution is 5.73. The Bertz CT molecular complexity index is 328. The summed E-state index contributed by atoms with van der Waals surface area (Å²) in [5.41, 5.74) is 6.51. The molecule has 0 radical (unpaired) electrons. The smallest absolute Gasteiger partial charge is 0.320 e. The number of hydrogen-bond donors (Lipinski definition) is 2. The predicted octanol–water partition coefficient (Wildman–Crippen LogP) is 1.11. The summed E-state index contributed by atoms with van der Waals surface area (Å²) in [5, 5.41) is 8.59. The Kier molecular flexibility index (Phi) is 3.59. The first kappa shape index (κ1) is 10.7. The van der Waals surface area contributed by atoms with Crippen LogP contribution in [0.15, 0.2) is 24.3 Å². The largest absolute Gasteiger partial charge is 0.480 e. The summed E-state index contributed by atoms with van der Waals surface area (Å²) in [6, 6.07) is 5.80. The van der Waals surface area contributed by atoms with Crippen molar-refractivity contribution in [3.63, 3.8) is 0 Å². The topological polar surface area (TPSA) is 63.3 Å². The average Bonchev–Trinajstić information content (AvgIpc) is 2.18. The van der Waals surface area contributed by atoms with Gasteiger partial charge in [-0.3, -0.25) is 4.79 Å². The lowest BCUT2D eigenvalue weighted by Gasteiger charge is -2.09. The Labute approximate surface area is 81.4 Å². The zero-order valence-electron chi connectivity index (χ0n) is 7.61. The molecule has 76 valence electrons. The van der Waals surface area contributed by atoms with Gasteiger partial charge in [0, 0.05) is 0 Å². The Balaban J connectivity index is 2.80. The third-order valence-electron chi connectivity index (χ3n) is 2.02. The van der Waals surface area contributed by atoms with E-state index in [9.17, 15) is 9.18 Å². The average molecular weight is 196 g/mol. The van der Waals surface area contributed by atoms with Crippen LogP contribution in [0.1, 0.15) is 11.1 Å². The van der Waals surface area contributed by atoms with E-state index in [1.807, 2.05) is 0 Å². The molecule has 0 aliphatic carbocycles. The second kappa shape index (κ2) is 4.72. The fraction of sp³-hybridized carbons (Fsp3) is 0.300. The molecule has 0 saturated heterocycles. The van der Waals surface area contributed by atoms with Gasteiger partial charge in [0.15, 0.2) is 0 Å². The quantitative estimate of drug-likeness (QED) is 0.758. The number of alkyl halides is 1. The van der Waals surface area contributed by atoms with Crippen molar-refractivity contribution in [2.45, 2.75) is 19.1 Å². The molecule has 1 rings (SSSR count). The maximum Gasteiger partial charge on any atom is 0.320 e. The van der Waals surface area contributed by atoms with Crippen LogP contribution in [0, 0.1) is 0 Å². The van der Waals surface area contributed by atoms with E-state index in [2.05, 4.69) is 0 Å². The summed E-state index contributed by atoms with van der Waals surface area (Å²) in [6.07, 6.45) is 0.162. The minimum Gasteiger partial charge on any atom is -0.480 e. The lowest BCUT2D eigenvalue weighted by molar-refractivity contribution is -0.138. The van der Waals surface area contributed by atoms with E-state index in [-0.39, 0.29) is 6.42 Å². The van der Waals surface area contributed by atoms with Crippen molar-refractivity contribution >= 4 is 5.97 Å². The van der Waals surface area contributed by atoms with E-state index in [1.54, 1.807) is 24.3 Å². The van der Waals surface area contributed by atoms with E-state index in [4.69, 9.17) is 10.8 Å². The first-order valence-corrected chi connectivity index (χ1v) is 4.26. The maximum atomic E-state index is 12.4. The van der Waals surface area contributed by atoms with Crippen LogP contribution < -0.4 is 5.73 Å². The molecule has 14 heavy (non-hydrogen) atoms. The number of halogens is 1. The Hall–Kier alpha value is -1.42. The van der Waals surface area contributed by atoms with Gasteiger partial charge < -0.3 is 10.8 Å². The van der Waals surface area contributed by atoms with E-state index in [0.29, 0.717) is 11.1 Å². The highest BCUT2D eigenvalue weighted by Crippen LogP contribution is 2.11. The van der Waals surface area contributed by atoms with Crippen molar-refractivity contribution in [3.05, 3.63) is 35.4 Å². The van der Waals surface area contributed by atoms with Crippen LogP contribution in [-0.2, 0) is 17.9 Å². The minimum absolute atomic E-state index is 0.162. The summed E-state index contributed by atoms with van der Waals surface area (Å²) in [7, 11) is 0. The molecule has 1 unspecified atom stereocenters. The first-order chi connectivity index (χ1) is 6.65. The Morgan fingerprint density at radius 3 is 2.50 bits per heavy atom. The van der Waals surface area contributed by atoms with Gasteiger partial charge in [-0.05, 0) is 17.5 Å². The van der Waals surface area contributed by atoms with E-state index in [0.717, 1.165) is 0 Å². The summed E-state index contributed by atoms with van der Waals surface area (Å²) in [4.78, 5) is 10.5. The van der Waals surface area contributed by atoms with Crippen molar-refractivity contribution in [1.29, 1.82) is 0 Å². The van der Waals surface area contributed by atoms with Gasteiger partial charge in [-0.1, -0.05) is 24.3 Å². The second-order valence-electron chi connectivity index (χ2n) is 3.05. The number of nitrogens with two attached hydrogens (primary N) is 1. The van der Waals surface area contributed by atoms with Crippen molar-refractivity contribution in [2.75, 3.05) is 0 Å². The number of rotatable bonds is 4. The minimum atomic E-state index is -1.07. The molecule has 1 aromatic carbocycles. The molecule has 0 amide bonds. The number of carboxylic acid groups (broad SMARTS) is 1. The van der Waals surface area contributed by atoms with Gasteiger partial charge in [0.1, 0.15) is 12.7 Å². The van der Waals surface area contributed by atoms with E-state index < -0.39 is 18.7 Å². The van der Waals surface area contributed by atoms with Gasteiger partial charge >= 0.3 is 5.97 Å². The molecule has 3 N–H and O–H groups in total. The zero-order chi connectivity index (χ0) is 10.6. The van der Waals surface area contributed by atoms with Crippen LogP contribution in [0.5, 0.6) is 0 Å². The molecule has 0 spiro atoms. The predicted molar refractivity (Wildman–Crippen MR) is 50.6 cm³/mol. The van der Waals surface area contributed by atoms with Crippen LogP contribution in [0.25, 0.3) is 0 Å².